The fraction of sp³-hybridized carbons (Fsp3) is 0.926. The Labute approximate surface area is 195 Å². The summed E-state index contributed by atoms with van der Waals surface area (Å²) in [5.74, 6) is 3.00. The average Bonchev–Trinajstić information content (AvgIpc) is 3.18. The summed E-state index contributed by atoms with van der Waals surface area (Å²) in [4.78, 5) is 30.3. The van der Waals surface area contributed by atoms with Gasteiger partial charge in [-0.15, -0.1) is 0 Å². The lowest BCUT2D eigenvalue weighted by Gasteiger charge is -2.57. The van der Waals surface area contributed by atoms with Crippen molar-refractivity contribution in [3.8, 4) is 0 Å². The minimum absolute atomic E-state index is 0.161. The lowest BCUT2D eigenvalue weighted by molar-refractivity contribution is -0.137. The summed E-state index contributed by atoms with van der Waals surface area (Å²) in [6, 6.07) is -0.345. The Hall–Kier alpha value is -1.26. The van der Waals surface area contributed by atoms with Gasteiger partial charge in [0, 0.05) is 19.6 Å². The van der Waals surface area contributed by atoms with Gasteiger partial charge >= 0.3 is 6.09 Å². The Morgan fingerprint density at radius 3 is 2.19 bits per heavy atom. The molecule has 0 aromatic carbocycles. The molecule has 2 amide bonds. The molecule has 1 aliphatic heterocycles. The molecule has 4 bridgehead atoms. The van der Waals surface area contributed by atoms with Crippen molar-refractivity contribution in [1.29, 1.82) is 0 Å². The highest BCUT2D eigenvalue weighted by Crippen LogP contribution is 2.61. The zero-order valence-corrected chi connectivity index (χ0v) is 21.0. The molecule has 5 heteroatoms. The zero-order chi connectivity index (χ0) is 22.9. The molecule has 0 aromatic rings. The van der Waals surface area contributed by atoms with Gasteiger partial charge in [-0.25, -0.2) is 4.79 Å². The maximum absolute atomic E-state index is 13.7. The molecule has 4 aliphatic carbocycles. The van der Waals surface area contributed by atoms with E-state index in [2.05, 4.69) is 11.8 Å². The first kappa shape index (κ1) is 23.9. The van der Waals surface area contributed by atoms with Gasteiger partial charge in [-0.1, -0.05) is 19.8 Å². The van der Waals surface area contributed by atoms with Crippen molar-refractivity contribution in [3.05, 3.63) is 0 Å². The van der Waals surface area contributed by atoms with Crippen LogP contribution >= 0.6 is 0 Å². The first-order valence-corrected chi connectivity index (χ1v) is 13.5. The Morgan fingerprint density at radius 2 is 1.62 bits per heavy atom. The summed E-state index contributed by atoms with van der Waals surface area (Å²) >= 11 is 0. The predicted octanol–water partition coefficient (Wildman–Crippen LogP) is 6.01. The van der Waals surface area contributed by atoms with Crippen LogP contribution in [-0.2, 0) is 9.53 Å². The van der Waals surface area contributed by atoms with E-state index in [1.807, 2.05) is 20.8 Å². The van der Waals surface area contributed by atoms with Gasteiger partial charge < -0.3 is 9.64 Å². The summed E-state index contributed by atoms with van der Waals surface area (Å²) in [5.41, 5.74) is -0.0504. The van der Waals surface area contributed by atoms with Crippen molar-refractivity contribution < 1.29 is 14.3 Å². The van der Waals surface area contributed by atoms with Crippen LogP contribution in [0.5, 0.6) is 0 Å². The number of hydrogen-bond acceptors (Lipinski definition) is 3. The minimum atomic E-state index is -0.535. The predicted molar refractivity (Wildman–Crippen MR) is 127 cm³/mol. The summed E-state index contributed by atoms with van der Waals surface area (Å²) < 4.78 is 5.62. The number of carbonyl (C=O) groups excluding carboxylic acids is 2. The Kier molecular flexibility index (Phi) is 7.12. The van der Waals surface area contributed by atoms with Crippen molar-refractivity contribution >= 4 is 12.0 Å². The molecule has 1 heterocycles. The van der Waals surface area contributed by atoms with Gasteiger partial charge in [0.2, 0.25) is 5.91 Å². The van der Waals surface area contributed by atoms with Gasteiger partial charge in [-0.05, 0) is 108 Å². The van der Waals surface area contributed by atoms with Crippen molar-refractivity contribution in [3.63, 3.8) is 0 Å². The third kappa shape index (κ3) is 5.44. The highest BCUT2D eigenvalue weighted by Gasteiger charge is 2.50. The van der Waals surface area contributed by atoms with Gasteiger partial charge in [0.1, 0.15) is 11.6 Å². The molecule has 1 atom stereocenters. The van der Waals surface area contributed by atoms with Crippen LogP contribution in [0.4, 0.5) is 4.79 Å². The van der Waals surface area contributed by atoms with Crippen LogP contribution in [-0.4, -0.2) is 53.1 Å². The molecular weight excluding hydrogens is 400 g/mol. The SMILES string of the molecule is CCCCCN(CCC12CC3CC(CC(C3)C1)C2)C(=O)C1CCCN1C(=O)OC(C)(C)C. The van der Waals surface area contributed by atoms with E-state index in [9.17, 15) is 9.59 Å². The van der Waals surface area contributed by atoms with Crippen LogP contribution in [0, 0.1) is 23.2 Å². The molecule has 182 valence electrons. The van der Waals surface area contributed by atoms with Crippen molar-refractivity contribution in [2.75, 3.05) is 19.6 Å². The number of hydrogen-bond donors (Lipinski definition) is 0. The van der Waals surface area contributed by atoms with Crippen LogP contribution in [0.2, 0.25) is 0 Å². The molecule has 4 saturated carbocycles. The lowest BCUT2D eigenvalue weighted by atomic mass is 9.49. The second kappa shape index (κ2) is 9.54. The Balaban J connectivity index is 1.41. The van der Waals surface area contributed by atoms with E-state index in [-0.39, 0.29) is 18.0 Å². The minimum Gasteiger partial charge on any atom is -0.444 e. The average molecular weight is 447 g/mol. The number of likely N-dealkylation sites (tertiary alicyclic amines) is 1. The van der Waals surface area contributed by atoms with Gasteiger partial charge in [0.25, 0.3) is 0 Å². The summed E-state index contributed by atoms with van der Waals surface area (Å²) in [6.07, 6.45) is 14.4. The van der Waals surface area contributed by atoms with E-state index >= 15 is 0 Å². The molecule has 5 nitrogen and oxygen atoms in total. The molecular formula is C27H46N2O3. The van der Waals surface area contributed by atoms with Gasteiger partial charge in [-0.3, -0.25) is 9.69 Å². The van der Waals surface area contributed by atoms with Crippen LogP contribution in [0.1, 0.15) is 105 Å². The van der Waals surface area contributed by atoms with Crippen LogP contribution < -0.4 is 0 Å². The molecule has 0 spiro atoms. The number of carbonyl (C=O) groups is 2. The number of rotatable bonds is 8. The molecule has 5 aliphatic rings. The highest BCUT2D eigenvalue weighted by molar-refractivity contribution is 5.86. The second-order valence-electron chi connectivity index (χ2n) is 12.5. The first-order valence-electron chi connectivity index (χ1n) is 13.5. The van der Waals surface area contributed by atoms with Gasteiger partial charge in [-0.2, -0.15) is 0 Å². The fourth-order valence-electron chi connectivity index (χ4n) is 7.63. The quantitative estimate of drug-likeness (QED) is 0.429. The maximum Gasteiger partial charge on any atom is 0.410 e. The Morgan fingerprint density at radius 1 is 1.00 bits per heavy atom. The Bertz CT molecular complexity index is 648. The molecule has 0 radical (unpaired) electrons. The standard InChI is InChI=1S/C27H46N2O3/c1-5-6-7-11-28(13-10-27-17-20-14-21(18-27)16-22(15-20)19-27)24(30)23-9-8-12-29(23)25(31)32-26(2,3)4/h20-23H,5-19H2,1-4H3. The number of nitrogens with zero attached hydrogens (tertiary/aromatic N) is 2. The summed E-state index contributed by atoms with van der Waals surface area (Å²) in [7, 11) is 0. The smallest absolute Gasteiger partial charge is 0.410 e. The van der Waals surface area contributed by atoms with Crippen LogP contribution in [0.3, 0.4) is 0 Å². The maximum atomic E-state index is 13.7. The van der Waals surface area contributed by atoms with Gasteiger partial charge in [0.05, 0.1) is 0 Å². The molecule has 32 heavy (non-hydrogen) atoms. The molecule has 0 aromatic heterocycles. The van der Waals surface area contributed by atoms with E-state index in [0.29, 0.717) is 12.0 Å². The fourth-order valence-corrected chi connectivity index (χ4v) is 7.63. The van der Waals surface area contributed by atoms with E-state index in [4.69, 9.17) is 4.74 Å². The third-order valence-corrected chi connectivity index (χ3v) is 8.59. The molecule has 0 N–H and O–H groups in total. The van der Waals surface area contributed by atoms with E-state index < -0.39 is 5.60 Å². The van der Waals surface area contributed by atoms with Crippen molar-refractivity contribution in [2.24, 2.45) is 23.2 Å². The number of unbranched alkanes of at least 4 members (excludes halogenated alkanes) is 2. The van der Waals surface area contributed by atoms with Crippen molar-refractivity contribution in [2.45, 2.75) is 116 Å². The summed E-state index contributed by atoms with van der Waals surface area (Å²) in [6.45, 7) is 10.2. The van der Waals surface area contributed by atoms with Crippen LogP contribution in [0.25, 0.3) is 0 Å². The van der Waals surface area contributed by atoms with Gasteiger partial charge in [0.15, 0.2) is 0 Å². The summed E-state index contributed by atoms with van der Waals surface area (Å²) in [5, 5.41) is 0. The molecule has 5 fully saturated rings. The van der Waals surface area contributed by atoms with E-state index in [1.165, 1.54) is 38.5 Å². The number of amides is 2. The van der Waals surface area contributed by atoms with Crippen LogP contribution in [0.15, 0.2) is 0 Å². The second-order valence-corrected chi connectivity index (χ2v) is 12.5. The normalized spacial score (nSPS) is 33.6. The first-order chi connectivity index (χ1) is 15.2. The van der Waals surface area contributed by atoms with Crippen molar-refractivity contribution in [1.82, 2.24) is 9.80 Å². The lowest BCUT2D eigenvalue weighted by Crippen LogP contribution is -2.51. The molecule has 5 rings (SSSR count). The monoisotopic (exact) mass is 446 g/mol. The number of ether oxygens (including phenoxy) is 1. The van der Waals surface area contributed by atoms with E-state index in [0.717, 1.165) is 69.4 Å². The third-order valence-electron chi connectivity index (χ3n) is 8.59. The highest BCUT2D eigenvalue weighted by atomic mass is 16.6. The molecule has 1 unspecified atom stereocenters. The molecule has 1 saturated heterocycles. The van der Waals surface area contributed by atoms with E-state index in [1.54, 1.807) is 4.90 Å². The largest absolute Gasteiger partial charge is 0.444 e. The topological polar surface area (TPSA) is 49.9 Å². The zero-order valence-electron chi connectivity index (χ0n) is 21.0.